The molecule has 1 aliphatic heterocycles. The number of hydrogen-bond donors (Lipinski definition) is 2. The van der Waals surface area contributed by atoms with Crippen molar-refractivity contribution in [3.05, 3.63) is 63.8 Å². The van der Waals surface area contributed by atoms with Gasteiger partial charge in [-0.1, -0.05) is 29.3 Å². The van der Waals surface area contributed by atoms with Crippen LogP contribution in [0.1, 0.15) is 15.9 Å². The van der Waals surface area contributed by atoms with Crippen LogP contribution in [0.5, 0.6) is 5.88 Å². The second-order valence-electron chi connectivity index (χ2n) is 8.08. The molecule has 3 aromatic rings. The smallest absolute Gasteiger partial charge is 0.262 e. The summed E-state index contributed by atoms with van der Waals surface area (Å²) >= 11 is 12.3. The Labute approximate surface area is 208 Å². The molecule has 178 valence electrons. The van der Waals surface area contributed by atoms with Crippen LogP contribution < -0.4 is 20.3 Å². The van der Waals surface area contributed by atoms with Gasteiger partial charge in [-0.05, 0) is 49.9 Å². The third-order valence-electron chi connectivity index (χ3n) is 5.69. The van der Waals surface area contributed by atoms with Gasteiger partial charge in [0.25, 0.3) is 5.91 Å². The van der Waals surface area contributed by atoms with Gasteiger partial charge < -0.3 is 25.2 Å². The summed E-state index contributed by atoms with van der Waals surface area (Å²) < 4.78 is 5.35. The largest absolute Gasteiger partial charge is 0.480 e. The van der Waals surface area contributed by atoms with Gasteiger partial charge in [0.15, 0.2) is 0 Å². The second-order valence-corrected chi connectivity index (χ2v) is 8.90. The minimum Gasteiger partial charge on any atom is -0.480 e. The molecule has 0 unspecified atom stereocenters. The lowest BCUT2D eigenvalue weighted by molar-refractivity contribution is 0.102. The minimum atomic E-state index is -0.481. The predicted octanol–water partition coefficient (Wildman–Crippen LogP) is 4.85. The lowest BCUT2D eigenvalue weighted by Gasteiger charge is -2.35. The highest BCUT2D eigenvalue weighted by molar-refractivity contribution is 6.40. The molecule has 0 saturated carbocycles. The van der Waals surface area contributed by atoms with E-state index >= 15 is 0 Å². The van der Waals surface area contributed by atoms with Crippen LogP contribution in [-0.4, -0.2) is 61.1 Å². The highest BCUT2D eigenvalue weighted by Gasteiger charge is 2.19. The first-order chi connectivity index (χ1) is 16.4. The first kappa shape index (κ1) is 24.1. The quantitative estimate of drug-likeness (QED) is 0.500. The number of nitrogens with one attached hydrogen (secondary N) is 2. The van der Waals surface area contributed by atoms with Gasteiger partial charge in [-0.2, -0.15) is 4.98 Å². The first-order valence-corrected chi connectivity index (χ1v) is 11.6. The zero-order valence-corrected chi connectivity index (χ0v) is 20.7. The molecule has 1 fully saturated rings. The van der Waals surface area contributed by atoms with E-state index < -0.39 is 5.91 Å². The number of carbonyl (C=O) groups is 1. The fourth-order valence-electron chi connectivity index (χ4n) is 3.80. The number of likely N-dealkylation sites (N-methyl/N-ethyl adjacent to an activating group) is 1. The number of benzene rings is 2. The van der Waals surface area contributed by atoms with Gasteiger partial charge >= 0.3 is 0 Å². The van der Waals surface area contributed by atoms with E-state index in [1.54, 1.807) is 18.2 Å². The molecular weight excluding hydrogens is 475 g/mol. The Kier molecular flexibility index (Phi) is 7.41. The molecule has 1 aliphatic rings. The van der Waals surface area contributed by atoms with Crippen LogP contribution in [0.2, 0.25) is 10.0 Å². The molecule has 0 aliphatic carbocycles. The van der Waals surface area contributed by atoms with Gasteiger partial charge in [-0.3, -0.25) is 4.79 Å². The van der Waals surface area contributed by atoms with Gasteiger partial charge in [0.05, 0.1) is 22.8 Å². The summed E-state index contributed by atoms with van der Waals surface area (Å²) in [6.07, 6.45) is 1.40. The van der Waals surface area contributed by atoms with Crippen molar-refractivity contribution in [2.24, 2.45) is 0 Å². The normalized spacial score (nSPS) is 14.1. The van der Waals surface area contributed by atoms with E-state index in [1.165, 1.54) is 19.0 Å². The molecule has 4 rings (SSSR count). The highest BCUT2D eigenvalue weighted by Crippen LogP contribution is 2.31. The van der Waals surface area contributed by atoms with Crippen molar-refractivity contribution < 1.29 is 9.53 Å². The van der Waals surface area contributed by atoms with E-state index in [9.17, 15) is 4.79 Å². The number of para-hydroxylation sites is 1. The summed E-state index contributed by atoms with van der Waals surface area (Å²) in [5.74, 6) is -0.0364. The van der Waals surface area contributed by atoms with E-state index in [2.05, 4.69) is 56.5 Å². The predicted molar refractivity (Wildman–Crippen MR) is 137 cm³/mol. The van der Waals surface area contributed by atoms with Crippen LogP contribution in [0.4, 0.5) is 23.0 Å². The molecule has 1 saturated heterocycles. The number of rotatable bonds is 6. The van der Waals surface area contributed by atoms with Crippen LogP contribution in [0.15, 0.2) is 42.6 Å². The lowest BCUT2D eigenvalue weighted by Crippen LogP contribution is -2.44. The number of ether oxygens (including phenoxy) is 1. The van der Waals surface area contributed by atoms with Gasteiger partial charge in [0, 0.05) is 43.8 Å². The van der Waals surface area contributed by atoms with Crippen molar-refractivity contribution >= 4 is 52.1 Å². The fraction of sp³-hybridized carbons (Fsp3) is 0.292. The summed E-state index contributed by atoms with van der Waals surface area (Å²) in [6, 6.07) is 11.1. The van der Waals surface area contributed by atoms with Crippen LogP contribution >= 0.6 is 23.2 Å². The standard InChI is InChI=1S/C24H26Cl2N6O2/c1-15-13-16(7-8-20(15)32-11-9-31(2)10-12-32)28-24-27-14-17(23(30-24)34-3)22(33)29-21-18(25)5-4-6-19(21)26/h4-8,13-14H,9-12H2,1-3H3,(H,29,33)(H,27,28,30). The third-order valence-corrected chi connectivity index (χ3v) is 6.32. The Bertz CT molecular complexity index is 1180. The SMILES string of the molecule is COc1nc(Nc2ccc(N3CCN(C)CC3)c(C)c2)ncc1C(=O)Nc1c(Cl)cccc1Cl. The minimum absolute atomic E-state index is 0.129. The van der Waals surface area contributed by atoms with E-state index in [1.807, 2.05) is 6.07 Å². The Morgan fingerprint density at radius 1 is 1.09 bits per heavy atom. The fourth-order valence-corrected chi connectivity index (χ4v) is 4.29. The molecule has 0 bridgehead atoms. The maximum atomic E-state index is 12.8. The van der Waals surface area contributed by atoms with Crippen molar-refractivity contribution in [1.29, 1.82) is 0 Å². The summed E-state index contributed by atoms with van der Waals surface area (Å²) in [7, 11) is 3.59. The number of nitrogens with zero attached hydrogens (tertiary/aromatic N) is 4. The van der Waals surface area contributed by atoms with Crippen LogP contribution in [0.3, 0.4) is 0 Å². The molecule has 8 nitrogen and oxygen atoms in total. The monoisotopic (exact) mass is 500 g/mol. The summed E-state index contributed by atoms with van der Waals surface area (Å²) in [6.45, 7) is 6.21. The Balaban J connectivity index is 1.49. The van der Waals surface area contributed by atoms with Crippen molar-refractivity contribution in [3.63, 3.8) is 0 Å². The third kappa shape index (κ3) is 5.35. The number of methoxy groups -OCH3 is 1. The molecule has 1 aromatic heterocycles. The Hall–Kier alpha value is -3.07. The van der Waals surface area contributed by atoms with Gasteiger partial charge in [0.1, 0.15) is 5.56 Å². The van der Waals surface area contributed by atoms with Crippen molar-refractivity contribution in [2.45, 2.75) is 6.92 Å². The molecular formula is C24H26Cl2N6O2. The number of amides is 1. The maximum Gasteiger partial charge on any atom is 0.262 e. The molecule has 2 N–H and O–H groups in total. The second kappa shape index (κ2) is 10.5. The Morgan fingerprint density at radius 2 is 1.79 bits per heavy atom. The topological polar surface area (TPSA) is 82.6 Å². The molecule has 34 heavy (non-hydrogen) atoms. The molecule has 2 aromatic carbocycles. The lowest BCUT2D eigenvalue weighted by atomic mass is 10.1. The van der Waals surface area contributed by atoms with E-state index in [0.29, 0.717) is 21.7 Å². The number of hydrogen-bond acceptors (Lipinski definition) is 7. The summed E-state index contributed by atoms with van der Waals surface area (Å²) in [5, 5.41) is 6.54. The molecule has 10 heteroatoms. The van der Waals surface area contributed by atoms with Gasteiger partial charge in [-0.25, -0.2) is 4.98 Å². The number of carbonyl (C=O) groups excluding carboxylic acids is 1. The zero-order chi connectivity index (χ0) is 24.2. The maximum absolute atomic E-state index is 12.8. The molecule has 1 amide bonds. The van der Waals surface area contributed by atoms with E-state index in [4.69, 9.17) is 27.9 Å². The van der Waals surface area contributed by atoms with Crippen LogP contribution in [0, 0.1) is 6.92 Å². The van der Waals surface area contributed by atoms with Crippen molar-refractivity contribution in [1.82, 2.24) is 14.9 Å². The molecule has 2 heterocycles. The van der Waals surface area contributed by atoms with Crippen LogP contribution in [0.25, 0.3) is 0 Å². The van der Waals surface area contributed by atoms with Gasteiger partial charge in [0.2, 0.25) is 11.8 Å². The van der Waals surface area contributed by atoms with E-state index in [0.717, 1.165) is 37.4 Å². The summed E-state index contributed by atoms with van der Waals surface area (Å²) in [5.41, 5.74) is 3.70. The number of piperazine rings is 1. The first-order valence-electron chi connectivity index (χ1n) is 10.8. The Morgan fingerprint density at radius 3 is 2.44 bits per heavy atom. The van der Waals surface area contributed by atoms with Gasteiger partial charge in [-0.15, -0.1) is 0 Å². The number of aromatic nitrogens is 2. The zero-order valence-electron chi connectivity index (χ0n) is 19.2. The highest BCUT2D eigenvalue weighted by atomic mass is 35.5. The molecule has 0 spiro atoms. The van der Waals surface area contributed by atoms with Crippen LogP contribution in [-0.2, 0) is 0 Å². The summed E-state index contributed by atoms with van der Waals surface area (Å²) in [4.78, 5) is 26.2. The average molecular weight is 501 g/mol. The van der Waals surface area contributed by atoms with E-state index in [-0.39, 0.29) is 11.4 Å². The number of aryl methyl sites for hydroxylation is 1. The number of anilines is 4. The number of halogens is 2. The van der Waals surface area contributed by atoms with Crippen molar-refractivity contribution in [3.8, 4) is 5.88 Å². The van der Waals surface area contributed by atoms with Crippen molar-refractivity contribution in [2.75, 3.05) is 55.9 Å². The molecule has 0 atom stereocenters. The molecule has 0 radical (unpaired) electrons. The average Bonchev–Trinajstić information content (AvgIpc) is 2.82.